The van der Waals surface area contributed by atoms with E-state index in [4.69, 9.17) is 0 Å². The molecule has 0 aromatic heterocycles. The fourth-order valence-corrected chi connectivity index (χ4v) is 4.07. The van der Waals surface area contributed by atoms with Crippen LogP contribution in [0, 0.1) is 0 Å². The fraction of sp³-hybridized carbons (Fsp3) is 0.579. The van der Waals surface area contributed by atoms with E-state index in [1.807, 2.05) is 26.8 Å². The molecule has 0 fully saturated rings. The summed E-state index contributed by atoms with van der Waals surface area (Å²) in [6.45, 7) is 5.40. The quantitative estimate of drug-likeness (QED) is 0.646. The zero-order valence-corrected chi connectivity index (χ0v) is 17.0. The summed E-state index contributed by atoms with van der Waals surface area (Å²) in [5.41, 5.74) is 1.94. The summed E-state index contributed by atoms with van der Waals surface area (Å²) < 4.78 is 27.3. The molecule has 1 aliphatic carbocycles. The Morgan fingerprint density at radius 1 is 1.04 bits per heavy atom. The maximum Gasteiger partial charge on any atom is 0.240 e. The second-order valence-corrected chi connectivity index (χ2v) is 9.63. The minimum absolute atomic E-state index is 0.0217. The highest BCUT2D eigenvalue weighted by Gasteiger charge is 2.18. The lowest BCUT2D eigenvalue weighted by molar-refractivity contribution is -0.126. The summed E-state index contributed by atoms with van der Waals surface area (Å²) in [4.78, 5) is 23.7. The van der Waals surface area contributed by atoms with Crippen LogP contribution >= 0.6 is 0 Å². The summed E-state index contributed by atoms with van der Waals surface area (Å²) in [5, 5.41) is 5.22. The van der Waals surface area contributed by atoms with E-state index in [9.17, 15) is 18.0 Å². The van der Waals surface area contributed by atoms with Gasteiger partial charge in [0.05, 0.1) is 11.4 Å². The first-order valence-corrected chi connectivity index (χ1v) is 10.7. The van der Waals surface area contributed by atoms with Gasteiger partial charge in [0, 0.05) is 18.5 Å². The highest BCUT2D eigenvalue weighted by atomic mass is 32.2. The van der Waals surface area contributed by atoms with Gasteiger partial charge in [0.25, 0.3) is 0 Å². The van der Waals surface area contributed by atoms with Crippen molar-refractivity contribution in [3.05, 3.63) is 29.3 Å². The van der Waals surface area contributed by atoms with Crippen molar-refractivity contribution >= 4 is 21.8 Å². The summed E-state index contributed by atoms with van der Waals surface area (Å²) in [6.07, 6.45) is 4.07. The van der Waals surface area contributed by atoms with Crippen LogP contribution in [0.4, 0.5) is 0 Å². The average Bonchev–Trinajstić information content (AvgIpc) is 2.58. The Labute approximate surface area is 161 Å². The Balaban J connectivity index is 1.80. The van der Waals surface area contributed by atoms with E-state index >= 15 is 0 Å². The first-order chi connectivity index (χ1) is 12.6. The highest BCUT2D eigenvalue weighted by Crippen LogP contribution is 2.23. The standard InChI is InChI=1S/C19H29N3O4S/c1-19(2,3)22-18(24)13-20-17(23)10-11-21-27(25,26)16-9-8-14-6-4-5-7-15(14)12-16/h8-9,12,21H,4-7,10-11,13H2,1-3H3,(H,20,23)(H,22,24). The number of aryl methyl sites for hydroxylation is 2. The van der Waals surface area contributed by atoms with Gasteiger partial charge in [-0.05, 0) is 69.7 Å². The number of carbonyl (C=O) groups is 2. The fourth-order valence-electron chi connectivity index (χ4n) is 2.99. The molecule has 27 heavy (non-hydrogen) atoms. The van der Waals surface area contributed by atoms with E-state index in [0.29, 0.717) is 0 Å². The number of carbonyl (C=O) groups excluding carboxylic acids is 2. The molecule has 0 saturated heterocycles. The van der Waals surface area contributed by atoms with Crippen molar-refractivity contribution < 1.29 is 18.0 Å². The molecule has 0 bridgehead atoms. The predicted octanol–water partition coefficient (Wildman–Crippen LogP) is 1.26. The highest BCUT2D eigenvalue weighted by molar-refractivity contribution is 7.89. The zero-order chi connectivity index (χ0) is 20.1. The van der Waals surface area contributed by atoms with Crippen LogP contribution in [0.3, 0.4) is 0 Å². The van der Waals surface area contributed by atoms with E-state index in [1.165, 1.54) is 5.56 Å². The third-order valence-electron chi connectivity index (χ3n) is 4.23. The van der Waals surface area contributed by atoms with Gasteiger partial charge >= 0.3 is 0 Å². The number of benzene rings is 1. The maximum atomic E-state index is 12.4. The molecule has 0 heterocycles. The number of nitrogens with one attached hydrogen (secondary N) is 3. The van der Waals surface area contributed by atoms with Gasteiger partial charge in [-0.25, -0.2) is 13.1 Å². The van der Waals surface area contributed by atoms with Gasteiger partial charge in [-0.1, -0.05) is 6.07 Å². The van der Waals surface area contributed by atoms with Crippen molar-refractivity contribution in [2.24, 2.45) is 0 Å². The topological polar surface area (TPSA) is 104 Å². The van der Waals surface area contributed by atoms with E-state index in [-0.39, 0.29) is 41.8 Å². The number of rotatable bonds is 7. The second kappa shape index (κ2) is 8.84. The zero-order valence-electron chi connectivity index (χ0n) is 16.2. The summed E-state index contributed by atoms with van der Waals surface area (Å²) in [5.74, 6) is -0.669. The third-order valence-corrected chi connectivity index (χ3v) is 5.69. The van der Waals surface area contributed by atoms with Gasteiger partial charge in [0.15, 0.2) is 0 Å². The molecular formula is C19H29N3O4S. The second-order valence-electron chi connectivity index (χ2n) is 7.86. The van der Waals surface area contributed by atoms with Crippen LogP contribution in [0.1, 0.15) is 51.2 Å². The largest absolute Gasteiger partial charge is 0.350 e. The Kier molecular flexibility index (Phi) is 7.00. The number of fused-ring (bicyclic) bond motifs is 1. The van der Waals surface area contributed by atoms with Crippen LogP contribution in [0.5, 0.6) is 0 Å². The van der Waals surface area contributed by atoms with Crippen LogP contribution in [0.2, 0.25) is 0 Å². The predicted molar refractivity (Wildman–Crippen MR) is 104 cm³/mol. The molecule has 3 N–H and O–H groups in total. The molecule has 0 radical (unpaired) electrons. The van der Waals surface area contributed by atoms with E-state index in [2.05, 4.69) is 15.4 Å². The van der Waals surface area contributed by atoms with E-state index < -0.39 is 10.0 Å². The third kappa shape index (κ3) is 6.95. The SMILES string of the molecule is CC(C)(C)NC(=O)CNC(=O)CCNS(=O)(=O)c1ccc2c(c1)CCCC2. The van der Waals surface area contributed by atoms with Crippen molar-refractivity contribution in [2.45, 2.75) is 63.3 Å². The maximum absolute atomic E-state index is 12.4. The summed E-state index contributed by atoms with van der Waals surface area (Å²) in [6, 6.07) is 5.22. The Hall–Kier alpha value is -1.93. The summed E-state index contributed by atoms with van der Waals surface area (Å²) >= 11 is 0. The number of sulfonamides is 1. The van der Waals surface area contributed by atoms with Gasteiger partial charge in [0.2, 0.25) is 21.8 Å². The molecule has 1 aliphatic rings. The lowest BCUT2D eigenvalue weighted by Crippen LogP contribution is -2.46. The lowest BCUT2D eigenvalue weighted by atomic mass is 9.92. The monoisotopic (exact) mass is 395 g/mol. The number of hydrogen-bond donors (Lipinski definition) is 3. The molecule has 7 nitrogen and oxygen atoms in total. The molecule has 2 amide bonds. The van der Waals surface area contributed by atoms with Crippen LogP contribution in [-0.2, 0) is 32.5 Å². The molecule has 0 unspecified atom stereocenters. The Morgan fingerprint density at radius 2 is 1.70 bits per heavy atom. The molecular weight excluding hydrogens is 366 g/mol. The lowest BCUT2D eigenvalue weighted by Gasteiger charge is -2.20. The minimum atomic E-state index is -3.65. The van der Waals surface area contributed by atoms with Crippen molar-refractivity contribution in [1.82, 2.24) is 15.4 Å². The molecule has 1 aromatic rings. The molecule has 8 heteroatoms. The van der Waals surface area contributed by atoms with E-state index in [0.717, 1.165) is 31.2 Å². The van der Waals surface area contributed by atoms with Crippen molar-refractivity contribution in [3.8, 4) is 0 Å². The van der Waals surface area contributed by atoms with Crippen molar-refractivity contribution in [1.29, 1.82) is 0 Å². The normalized spacial score (nSPS) is 14.3. The van der Waals surface area contributed by atoms with Gasteiger partial charge < -0.3 is 10.6 Å². The van der Waals surface area contributed by atoms with Gasteiger partial charge in [0.1, 0.15) is 0 Å². The van der Waals surface area contributed by atoms with Crippen molar-refractivity contribution in [2.75, 3.05) is 13.1 Å². The molecule has 0 atom stereocenters. The molecule has 2 rings (SSSR count). The Bertz CT molecular complexity index is 798. The molecule has 1 aromatic carbocycles. The van der Waals surface area contributed by atoms with Gasteiger partial charge in [-0.2, -0.15) is 0 Å². The summed E-state index contributed by atoms with van der Waals surface area (Å²) in [7, 11) is -3.65. The first-order valence-electron chi connectivity index (χ1n) is 9.26. The number of hydrogen-bond acceptors (Lipinski definition) is 4. The van der Waals surface area contributed by atoms with Gasteiger partial charge in [-0.3, -0.25) is 9.59 Å². The van der Waals surface area contributed by atoms with Gasteiger partial charge in [-0.15, -0.1) is 0 Å². The van der Waals surface area contributed by atoms with Crippen molar-refractivity contribution in [3.63, 3.8) is 0 Å². The first kappa shape index (κ1) is 21.4. The molecule has 0 spiro atoms. The van der Waals surface area contributed by atoms with Crippen LogP contribution in [0.25, 0.3) is 0 Å². The smallest absolute Gasteiger partial charge is 0.240 e. The average molecular weight is 396 g/mol. The van der Waals surface area contributed by atoms with E-state index in [1.54, 1.807) is 12.1 Å². The van der Waals surface area contributed by atoms with Crippen LogP contribution in [0.15, 0.2) is 23.1 Å². The molecule has 0 aliphatic heterocycles. The van der Waals surface area contributed by atoms with Crippen LogP contribution < -0.4 is 15.4 Å². The molecule has 150 valence electrons. The Morgan fingerprint density at radius 3 is 2.37 bits per heavy atom. The minimum Gasteiger partial charge on any atom is -0.350 e. The molecule has 0 saturated carbocycles. The number of amides is 2. The van der Waals surface area contributed by atoms with Crippen LogP contribution in [-0.4, -0.2) is 38.9 Å².